The molecule has 0 aliphatic carbocycles. The molecule has 0 bridgehead atoms. The molecule has 0 saturated carbocycles. The number of rotatable bonds is 4. The minimum absolute atomic E-state index is 0.588. The average Bonchev–Trinajstić information content (AvgIpc) is 2.25. The molecule has 1 rings (SSSR count). The van der Waals surface area contributed by atoms with Crippen molar-refractivity contribution >= 4 is 16.1 Å². The van der Waals surface area contributed by atoms with Crippen LogP contribution in [0.2, 0.25) is 0 Å². The van der Waals surface area contributed by atoms with Gasteiger partial charge in [-0.25, -0.2) is 13.1 Å². The van der Waals surface area contributed by atoms with Crippen molar-refractivity contribution in [2.75, 3.05) is 6.54 Å². The molecule has 0 fully saturated rings. The van der Waals surface area contributed by atoms with Crippen LogP contribution in [-0.2, 0) is 10.0 Å². The predicted octanol–water partition coefficient (Wildman–Crippen LogP) is 2.14. The van der Waals surface area contributed by atoms with E-state index in [0.717, 1.165) is 0 Å². The summed E-state index contributed by atoms with van der Waals surface area (Å²) in [6.07, 6.45) is -3.34. The third kappa shape index (κ3) is 6.08. The van der Waals surface area contributed by atoms with Gasteiger partial charge in [-0.15, -0.1) is 0 Å². The number of benzene rings is 1. The van der Waals surface area contributed by atoms with Gasteiger partial charge in [-0.3, -0.25) is 0 Å². The molecule has 0 atom stereocenters. The fourth-order valence-electron chi connectivity index (χ4n) is 0.963. The van der Waals surface area contributed by atoms with Crippen LogP contribution in [0.25, 0.3) is 6.08 Å². The molecule has 17 heavy (non-hydrogen) atoms. The van der Waals surface area contributed by atoms with E-state index in [0.29, 0.717) is 11.0 Å². The molecule has 0 aliphatic heterocycles. The molecule has 0 unspecified atom stereocenters. The summed E-state index contributed by atoms with van der Waals surface area (Å²) in [5, 5.41) is 0.702. The normalized spacial score (nSPS) is 13.1. The molecule has 0 radical (unpaired) electrons. The van der Waals surface area contributed by atoms with Gasteiger partial charge in [-0.05, 0) is 11.6 Å². The summed E-state index contributed by atoms with van der Waals surface area (Å²) in [6.45, 7) is -1.57. The molecule has 0 saturated heterocycles. The quantitative estimate of drug-likeness (QED) is 0.906. The zero-order valence-corrected chi connectivity index (χ0v) is 9.42. The smallest absolute Gasteiger partial charge is 0.208 e. The van der Waals surface area contributed by atoms with E-state index in [1.165, 1.54) is 10.8 Å². The Balaban J connectivity index is 2.65. The summed E-state index contributed by atoms with van der Waals surface area (Å²) < 4.78 is 59.1. The lowest BCUT2D eigenvalue weighted by Gasteiger charge is -2.06. The first-order valence-electron chi connectivity index (χ1n) is 4.58. The highest BCUT2D eigenvalue weighted by Gasteiger charge is 2.28. The largest absolute Gasteiger partial charge is 0.402 e. The second-order valence-corrected chi connectivity index (χ2v) is 4.85. The van der Waals surface area contributed by atoms with Crippen LogP contribution in [0.4, 0.5) is 13.2 Å². The Morgan fingerprint density at radius 1 is 1.18 bits per heavy atom. The summed E-state index contributed by atoms with van der Waals surface area (Å²) in [5.74, 6) is 0. The standard InChI is InChI=1S/C10H10F3NO2S/c11-10(12,13)8-14-17(15,16)7-6-9-4-2-1-3-5-9/h1-7,14H,8H2/b7-6+. The molecule has 0 spiro atoms. The number of nitrogens with one attached hydrogen (secondary N) is 1. The molecule has 0 amide bonds. The van der Waals surface area contributed by atoms with Crippen molar-refractivity contribution in [2.24, 2.45) is 0 Å². The summed E-state index contributed by atoms with van der Waals surface area (Å²) in [4.78, 5) is 0. The van der Waals surface area contributed by atoms with Gasteiger partial charge in [-0.2, -0.15) is 13.2 Å². The second-order valence-electron chi connectivity index (χ2n) is 3.19. The molecule has 0 aromatic heterocycles. The van der Waals surface area contributed by atoms with Gasteiger partial charge < -0.3 is 0 Å². The van der Waals surface area contributed by atoms with Gasteiger partial charge in [0.1, 0.15) is 6.54 Å². The molecule has 1 aromatic carbocycles. The van der Waals surface area contributed by atoms with E-state index in [1.54, 1.807) is 30.3 Å². The van der Waals surface area contributed by atoms with Gasteiger partial charge in [-0.1, -0.05) is 30.3 Å². The van der Waals surface area contributed by atoms with Crippen molar-refractivity contribution in [3.8, 4) is 0 Å². The maximum atomic E-state index is 11.8. The highest BCUT2D eigenvalue weighted by atomic mass is 32.2. The fourth-order valence-corrected chi connectivity index (χ4v) is 1.76. The molecule has 1 N–H and O–H groups in total. The lowest BCUT2D eigenvalue weighted by atomic mass is 10.2. The number of halogens is 3. The SMILES string of the molecule is O=S(=O)(/C=C/c1ccccc1)NCC(F)(F)F. The minimum Gasteiger partial charge on any atom is -0.208 e. The summed E-state index contributed by atoms with van der Waals surface area (Å²) >= 11 is 0. The van der Waals surface area contributed by atoms with E-state index in [9.17, 15) is 21.6 Å². The molecule has 0 aliphatic rings. The fraction of sp³-hybridized carbons (Fsp3) is 0.200. The van der Waals surface area contributed by atoms with E-state index in [2.05, 4.69) is 0 Å². The van der Waals surface area contributed by atoms with E-state index in [1.807, 2.05) is 0 Å². The van der Waals surface area contributed by atoms with Crippen LogP contribution >= 0.6 is 0 Å². The summed E-state index contributed by atoms with van der Waals surface area (Å²) in [6, 6.07) is 8.39. The van der Waals surface area contributed by atoms with Gasteiger partial charge in [0.15, 0.2) is 0 Å². The number of alkyl halides is 3. The van der Waals surface area contributed by atoms with E-state index in [4.69, 9.17) is 0 Å². The summed E-state index contributed by atoms with van der Waals surface area (Å²) in [5.41, 5.74) is 0.588. The Kier molecular flexibility index (Phi) is 4.30. The van der Waals surface area contributed by atoms with Crippen molar-refractivity contribution in [3.63, 3.8) is 0 Å². The first kappa shape index (κ1) is 13.7. The van der Waals surface area contributed by atoms with Crippen molar-refractivity contribution in [1.82, 2.24) is 4.72 Å². The number of hydrogen-bond acceptors (Lipinski definition) is 2. The Morgan fingerprint density at radius 3 is 2.29 bits per heavy atom. The Labute approximate surface area is 97.0 Å². The van der Waals surface area contributed by atoms with Gasteiger partial charge in [0, 0.05) is 5.41 Å². The van der Waals surface area contributed by atoms with Crippen LogP contribution in [0.5, 0.6) is 0 Å². The van der Waals surface area contributed by atoms with Crippen LogP contribution in [0, 0.1) is 0 Å². The van der Waals surface area contributed by atoms with Crippen LogP contribution in [0.1, 0.15) is 5.56 Å². The molecular weight excluding hydrogens is 255 g/mol. The molecule has 1 aromatic rings. The zero-order valence-electron chi connectivity index (χ0n) is 8.61. The third-order valence-corrected chi connectivity index (χ3v) is 2.75. The van der Waals surface area contributed by atoms with Gasteiger partial charge in [0.05, 0.1) is 0 Å². The van der Waals surface area contributed by atoms with E-state index >= 15 is 0 Å². The van der Waals surface area contributed by atoms with Crippen molar-refractivity contribution in [2.45, 2.75) is 6.18 Å². The number of sulfonamides is 1. The van der Waals surface area contributed by atoms with Gasteiger partial charge >= 0.3 is 6.18 Å². The highest BCUT2D eigenvalue weighted by Crippen LogP contribution is 2.13. The highest BCUT2D eigenvalue weighted by molar-refractivity contribution is 7.92. The zero-order chi connectivity index (χ0) is 12.9. The molecule has 0 heterocycles. The Hall–Kier alpha value is -1.34. The first-order chi connectivity index (χ1) is 7.79. The Bertz CT molecular complexity index is 480. The van der Waals surface area contributed by atoms with Crippen LogP contribution in [0.3, 0.4) is 0 Å². The van der Waals surface area contributed by atoms with Crippen molar-refractivity contribution in [1.29, 1.82) is 0 Å². The second kappa shape index (κ2) is 5.33. The number of hydrogen-bond donors (Lipinski definition) is 1. The van der Waals surface area contributed by atoms with Crippen molar-refractivity contribution < 1.29 is 21.6 Å². The topological polar surface area (TPSA) is 46.2 Å². The molecule has 94 valence electrons. The van der Waals surface area contributed by atoms with Crippen LogP contribution in [-0.4, -0.2) is 21.1 Å². The van der Waals surface area contributed by atoms with Gasteiger partial charge in [0.2, 0.25) is 10.0 Å². The molecule has 7 heteroatoms. The predicted molar refractivity (Wildman–Crippen MR) is 58.5 cm³/mol. The summed E-state index contributed by atoms with van der Waals surface area (Å²) in [7, 11) is -4.06. The average molecular weight is 265 g/mol. The molecule has 3 nitrogen and oxygen atoms in total. The third-order valence-electron chi connectivity index (χ3n) is 1.71. The van der Waals surface area contributed by atoms with Crippen LogP contribution < -0.4 is 4.72 Å². The monoisotopic (exact) mass is 265 g/mol. The van der Waals surface area contributed by atoms with Crippen molar-refractivity contribution in [3.05, 3.63) is 41.3 Å². The maximum Gasteiger partial charge on any atom is 0.402 e. The first-order valence-corrected chi connectivity index (χ1v) is 6.13. The lowest BCUT2D eigenvalue weighted by molar-refractivity contribution is -0.121. The minimum atomic E-state index is -4.56. The van der Waals surface area contributed by atoms with E-state index in [-0.39, 0.29) is 0 Å². The van der Waals surface area contributed by atoms with Crippen LogP contribution in [0.15, 0.2) is 35.7 Å². The lowest BCUT2D eigenvalue weighted by Crippen LogP contribution is -2.32. The van der Waals surface area contributed by atoms with Gasteiger partial charge in [0.25, 0.3) is 0 Å². The van der Waals surface area contributed by atoms with E-state index < -0.39 is 22.7 Å². The maximum absolute atomic E-state index is 11.8. The Morgan fingerprint density at radius 2 is 1.76 bits per heavy atom. The molecular formula is C10H10F3NO2S.